The van der Waals surface area contributed by atoms with Crippen LogP contribution in [0.2, 0.25) is 0 Å². The van der Waals surface area contributed by atoms with Crippen LogP contribution < -0.4 is 14.2 Å². The van der Waals surface area contributed by atoms with Crippen molar-refractivity contribution >= 4 is 0 Å². The molecule has 1 aromatic heterocycles. The van der Waals surface area contributed by atoms with Gasteiger partial charge in [-0.25, -0.2) is 9.97 Å². The minimum atomic E-state index is 0.474. The maximum atomic E-state index is 5.56. The summed E-state index contributed by atoms with van der Waals surface area (Å²) in [5, 5.41) is 0. The van der Waals surface area contributed by atoms with Gasteiger partial charge in [0.2, 0.25) is 5.88 Å². The Balaban J connectivity index is 1.98. The second kappa shape index (κ2) is 7.66. The van der Waals surface area contributed by atoms with E-state index in [1.54, 1.807) is 20.4 Å². The van der Waals surface area contributed by atoms with Gasteiger partial charge in [-0.15, -0.1) is 0 Å². The van der Waals surface area contributed by atoms with E-state index in [9.17, 15) is 0 Å². The Hall–Kier alpha value is -3.08. The van der Waals surface area contributed by atoms with E-state index in [-0.39, 0.29) is 0 Å². The Morgan fingerprint density at radius 1 is 0.880 bits per heavy atom. The summed E-state index contributed by atoms with van der Waals surface area (Å²) in [5.74, 6) is 2.07. The molecule has 3 aromatic rings. The van der Waals surface area contributed by atoms with Crippen LogP contribution in [0.3, 0.4) is 0 Å². The molecule has 1 heterocycles. The molecule has 0 amide bonds. The zero-order chi connectivity index (χ0) is 17.6. The first-order valence-electron chi connectivity index (χ1n) is 8.04. The van der Waals surface area contributed by atoms with Crippen LogP contribution in [-0.2, 0) is 0 Å². The molecule has 0 saturated heterocycles. The lowest BCUT2D eigenvalue weighted by Crippen LogP contribution is -1.98. The van der Waals surface area contributed by atoms with E-state index in [4.69, 9.17) is 14.2 Å². The van der Waals surface area contributed by atoms with Crippen molar-refractivity contribution in [2.24, 2.45) is 0 Å². The van der Waals surface area contributed by atoms with Gasteiger partial charge in [0, 0.05) is 11.1 Å². The number of hydrogen-bond donors (Lipinski definition) is 0. The van der Waals surface area contributed by atoms with Crippen molar-refractivity contribution < 1.29 is 14.2 Å². The second-order valence-electron chi connectivity index (χ2n) is 5.30. The van der Waals surface area contributed by atoms with Crippen LogP contribution in [0, 0.1) is 0 Å². The third-order valence-electron chi connectivity index (χ3n) is 3.74. The number of rotatable bonds is 6. The monoisotopic (exact) mass is 336 g/mol. The molecular formula is C20H20N2O3. The third kappa shape index (κ3) is 3.71. The average Bonchev–Trinajstić information content (AvgIpc) is 2.68. The molecule has 0 radical (unpaired) electrons. The van der Waals surface area contributed by atoms with E-state index >= 15 is 0 Å². The Morgan fingerprint density at radius 3 is 2.36 bits per heavy atom. The average molecular weight is 336 g/mol. The molecule has 5 heteroatoms. The molecule has 3 rings (SSSR count). The molecule has 0 saturated carbocycles. The molecule has 0 N–H and O–H groups in total. The highest BCUT2D eigenvalue weighted by molar-refractivity contribution is 5.69. The zero-order valence-corrected chi connectivity index (χ0v) is 14.5. The number of ether oxygens (including phenoxy) is 3. The number of benzene rings is 2. The molecule has 0 aliphatic rings. The Kier molecular flexibility index (Phi) is 5.14. The van der Waals surface area contributed by atoms with Crippen LogP contribution in [0.25, 0.3) is 22.5 Å². The van der Waals surface area contributed by atoms with Crippen LogP contribution in [-0.4, -0.2) is 30.8 Å². The highest BCUT2D eigenvalue weighted by atomic mass is 16.5. The van der Waals surface area contributed by atoms with Gasteiger partial charge in [0.05, 0.1) is 32.7 Å². The van der Waals surface area contributed by atoms with E-state index < -0.39 is 0 Å². The van der Waals surface area contributed by atoms with Gasteiger partial charge in [0.15, 0.2) is 0 Å². The first kappa shape index (κ1) is 16.8. The number of methoxy groups -OCH3 is 2. The van der Waals surface area contributed by atoms with Crippen LogP contribution in [0.1, 0.15) is 6.92 Å². The Labute approximate surface area is 147 Å². The Morgan fingerprint density at radius 2 is 1.68 bits per heavy atom. The van der Waals surface area contributed by atoms with E-state index in [1.807, 2.05) is 55.5 Å². The summed E-state index contributed by atoms with van der Waals surface area (Å²) in [5.41, 5.74) is 3.27. The topological polar surface area (TPSA) is 53.5 Å². The molecule has 0 bridgehead atoms. The van der Waals surface area contributed by atoms with Gasteiger partial charge in [-0.05, 0) is 43.3 Å². The fourth-order valence-electron chi connectivity index (χ4n) is 2.51. The van der Waals surface area contributed by atoms with Gasteiger partial charge in [0.25, 0.3) is 0 Å². The van der Waals surface area contributed by atoms with Crippen LogP contribution in [0.4, 0.5) is 0 Å². The highest BCUT2D eigenvalue weighted by Crippen LogP contribution is 2.31. The van der Waals surface area contributed by atoms with Gasteiger partial charge in [0.1, 0.15) is 17.2 Å². The minimum absolute atomic E-state index is 0.474. The smallest absolute Gasteiger partial charge is 0.240 e. The lowest BCUT2D eigenvalue weighted by molar-refractivity contribution is 0.340. The first-order chi connectivity index (χ1) is 12.2. The fraction of sp³-hybridized carbons (Fsp3) is 0.200. The largest absolute Gasteiger partial charge is 0.497 e. The van der Waals surface area contributed by atoms with Gasteiger partial charge < -0.3 is 14.2 Å². The standard InChI is InChI=1S/C20H20N2O3/c1-4-25-17-7-5-6-15(12-17)19-20(24-3)22-18(13-21-19)14-8-10-16(23-2)11-9-14/h5-13H,4H2,1-3H3. The molecule has 0 atom stereocenters. The van der Waals surface area contributed by atoms with Crippen molar-refractivity contribution in [3.8, 4) is 39.9 Å². The van der Waals surface area contributed by atoms with Crippen molar-refractivity contribution in [1.29, 1.82) is 0 Å². The van der Waals surface area contributed by atoms with E-state index in [0.29, 0.717) is 18.2 Å². The summed E-state index contributed by atoms with van der Waals surface area (Å²) in [6, 6.07) is 15.4. The van der Waals surface area contributed by atoms with Crippen molar-refractivity contribution in [2.45, 2.75) is 6.92 Å². The van der Waals surface area contributed by atoms with Gasteiger partial charge in [-0.2, -0.15) is 0 Å². The molecule has 0 unspecified atom stereocenters. The normalized spacial score (nSPS) is 10.4. The number of aromatic nitrogens is 2. The van der Waals surface area contributed by atoms with Gasteiger partial charge in [-0.3, -0.25) is 0 Å². The summed E-state index contributed by atoms with van der Waals surface area (Å²) >= 11 is 0. The fourth-order valence-corrected chi connectivity index (χ4v) is 2.51. The number of hydrogen-bond acceptors (Lipinski definition) is 5. The molecule has 2 aromatic carbocycles. The second-order valence-corrected chi connectivity index (χ2v) is 5.30. The first-order valence-corrected chi connectivity index (χ1v) is 8.04. The molecule has 5 nitrogen and oxygen atoms in total. The van der Waals surface area contributed by atoms with Gasteiger partial charge >= 0.3 is 0 Å². The van der Waals surface area contributed by atoms with E-state index in [1.165, 1.54) is 0 Å². The van der Waals surface area contributed by atoms with Crippen molar-refractivity contribution in [3.63, 3.8) is 0 Å². The predicted molar refractivity (Wildman–Crippen MR) is 97.2 cm³/mol. The number of nitrogens with zero attached hydrogens (tertiary/aromatic N) is 2. The molecule has 0 fully saturated rings. The molecule has 0 spiro atoms. The van der Waals surface area contributed by atoms with Crippen molar-refractivity contribution in [1.82, 2.24) is 9.97 Å². The van der Waals surface area contributed by atoms with Crippen LogP contribution >= 0.6 is 0 Å². The van der Waals surface area contributed by atoms with Crippen LogP contribution in [0.15, 0.2) is 54.7 Å². The van der Waals surface area contributed by atoms with Crippen LogP contribution in [0.5, 0.6) is 17.4 Å². The Bertz CT molecular complexity index is 848. The van der Waals surface area contributed by atoms with Gasteiger partial charge in [-0.1, -0.05) is 12.1 Å². The summed E-state index contributed by atoms with van der Waals surface area (Å²) in [7, 11) is 3.24. The minimum Gasteiger partial charge on any atom is -0.497 e. The quantitative estimate of drug-likeness (QED) is 0.674. The molecular weight excluding hydrogens is 316 g/mol. The lowest BCUT2D eigenvalue weighted by atomic mass is 10.1. The molecule has 0 aliphatic carbocycles. The maximum Gasteiger partial charge on any atom is 0.240 e. The molecule has 128 valence electrons. The maximum absolute atomic E-state index is 5.56. The summed E-state index contributed by atoms with van der Waals surface area (Å²) in [6.07, 6.45) is 1.74. The lowest BCUT2D eigenvalue weighted by Gasteiger charge is -2.10. The summed E-state index contributed by atoms with van der Waals surface area (Å²) < 4.78 is 16.2. The summed E-state index contributed by atoms with van der Waals surface area (Å²) in [6.45, 7) is 2.57. The van der Waals surface area contributed by atoms with Crippen molar-refractivity contribution in [3.05, 3.63) is 54.7 Å². The van der Waals surface area contributed by atoms with E-state index in [0.717, 1.165) is 28.3 Å². The van der Waals surface area contributed by atoms with Crippen molar-refractivity contribution in [2.75, 3.05) is 20.8 Å². The molecule has 25 heavy (non-hydrogen) atoms. The predicted octanol–water partition coefficient (Wildman–Crippen LogP) is 4.23. The highest BCUT2D eigenvalue weighted by Gasteiger charge is 2.12. The SMILES string of the molecule is CCOc1cccc(-c2ncc(-c3ccc(OC)cc3)nc2OC)c1. The third-order valence-corrected chi connectivity index (χ3v) is 3.74. The van der Waals surface area contributed by atoms with E-state index in [2.05, 4.69) is 9.97 Å². The summed E-state index contributed by atoms with van der Waals surface area (Å²) in [4.78, 5) is 9.17. The molecule has 0 aliphatic heterocycles. The zero-order valence-electron chi connectivity index (χ0n) is 14.5.